The lowest BCUT2D eigenvalue weighted by Crippen LogP contribution is -2.44. The van der Waals surface area contributed by atoms with Crippen molar-refractivity contribution < 1.29 is 29.0 Å². The van der Waals surface area contributed by atoms with Crippen LogP contribution in [0.15, 0.2) is 58.4 Å². The maximum absolute atomic E-state index is 13.6. The number of fused-ring (bicyclic) bond motifs is 9. The molecular weight excluding hydrogens is 590 g/mol. The molecule has 12 heteroatoms. The molecule has 3 N–H and O–H groups in total. The van der Waals surface area contributed by atoms with Crippen LogP contribution in [-0.4, -0.2) is 56.6 Å². The van der Waals surface area contributed by atoms with Crippen molar-refractivity contribution in [1.82, 2.24) is 9.88 Å². The van der Waals surface area contributed by atoms with Gasteiger partial charge in [0.25, 0.3) is 5.91 Å². The number of aromatic nitrogens is 1. The Morgan fingerprint density at radius 1 is 1.07 bits per heavy atom. The second-order valence-corrected chi connectivity index (χ2v) is 13.9. The topological polar surface area (TPSA) is 146 Å². The van der Waals surface area contributed by atoms with Crippen LogP contribution in [0.1, 0.15) is 35.3 Å². The molecule has 10 nitrogen and oxygen atoms in total. The molecule has 1 aromatic heterocycles. The zero-order valence-electron chi connectivity index (χ0n) is 23.3. The number of carboxylic acids is 1. The number of hydrogen-bond donors (Lipinski definition) is 3. The summed E-state index contributed by atoms with van der Waals surface area (Å²) >= 11 is 2.69. The number of likely N-dealkylation sites (tertiary alicyclic amines) is 1. The Balaban J connectivity index is 1.22. The summed E-state index contributed by atoms with van der Waals surface area (Å²) in [6.45, 7) is 3.06. The largest absolute Gasteiger partial charge is 0.483 e. The molecule has 43 heavy (non-hydrogen) atoms. The number of H-pyrrole nitrogens is 1. The van der Waals surface area contributed by atoms with Crippen LogP contribution >= 0.6 is 23.1 Å². The van der Waals surface area contributed by atoms with Crippen LogP contribution in [0.4, 0.5) is 5.69 Å². The molecule has 3 amide bonds. The number of benzene rings is 2. The molecule has 8 atom stereocenters. The average molecular weight is 620 g/mol. The number of thioether (sulfide) groups is 1. The van der Waals surface area contributed by atoms with E-state index >= 15 is 0 Å². The van der Waals surface area contributed by atoms with Crippen LogP contribution in [0.2, 0.25) is 0 Å². The van der Waals surface area contributed by atoms with Crippen LogP contribution in [0.3, 0.4) is 0 Å². The van der Waals surface area contributed by atoms with Gasteiger partial charge in [-0.15, -0.1) is 11.8 Å². The van der Waals surface area contributed by atoms with Gasteiger partial charge in [-0.1, -0.05) is 47.7 Å². The lowest BCUT2D eigenvalue weighted by atomic mass is 9.68. The van der Waals surface area contributed by atoms with Crippen molar-refractivity contribution >= 4 is 52.5 Å². The summed E-state index contributed by atoms with van der Waals surface area (Å²) in [6, 6.07) is 13.7. The van der Waals surface area contributed by atoms with Crippen molar-refractivity contribution in [2.75, 3.05) is 11.9 Å². The molecule has 0 radical (unpaired) electrons. The first-order valence-electron chi connectivity index (χ1n) is 14.2. The number of nitrogens with zero attached hydrogens (tertiary/aromatic N) is 1. The molecular formula is C31H29N3O7S2. The number of anilines is 1. The van der Waals surface area contributed by atoms with E-state index in [0.717, 1.165) is 37.3 Å². The number of carboxylic acid groups (broad SMARTS) is 1. The number of thiazole rings is 1. The number of nitrogens with one attached hydrogen (secondary N) is 2. The number of aryl methyl sites for hydroxylation is 1. The molecule has 2 aliphatic carbocycles. The van der Waals surface area contributed by atoms with E-state index < -0.39 is 35.7 Å². The normalized spacial score (nSPS) is 29.2. The number of aliphatic carboxylic acids is 1. The van der Waals surface area contributed by atoms with Gasteiger partial charge in [0.1, 0.15) is 11.8 Å². The summed E-state index contributed by atoms with van der Waals surface area (Å²) in [4.78, 5) is 68.9. The second kappa shape index (κ2) is 10.4. The lowest BCUT2D eigenvalue weighted by Gasteiger charge is -2.43. The molecule has 2 aliphatic heterocycles. The fraction of sp³-hybridized carbons (Fsp3) is 0.387. The van der Waals surface area contributed by atoms with Crippen molar-refractivity contribution in [3.8, 4) is 5.75 Å². The minimum atomic E-state index is -1.23. The SMILES string of the molecule is Cc1ccccc1NC(=O)COc1ccccc1[C@H]1c2sc(=O)[nH]c2SC2C3CC(C4C(=O)N(C(C)C(=O)O)C(=O)C34)C21. The summed E-state index contributed by atoms with van der Waals surface area (Å²) in [6.07, 6.45) is 0.683. The fourth-order valence-corrected chi connectivity index (χ4v) is 10.7. The predicted octanol–water partition coefficient (Wildman–Crippen LogP) is 3.71. The van der Waals surface area contributed by atoms with Crippen LogP contribution in [-0.2, 0) is 19.2 Å². The maximum atomic E-state index is 13.6. The smallest absolute Gasteiger partial charge is 0.326 e. The number of imide groups is 1. The van der Waals surface area contributed by atoms with E-state index in [-0.39, 0.29) is 46.3 Å². The zero-order valence-corrected chi connectivity index (χ0v) is 24.9. The Kier molecular flexibility index (Phi) is 6.73. The highest BCUT2D eigenvalue weighted by molar-refractivity contribution is 8.00. The van der Waals surface area contributed by atoms with E-state index in [2.05, 4.69) is 10.3 Å². The van der Waals surface area contributed by atoms with Crippen molar-refractivity contribution in [1.29, 1.82) is 0 Å². The molecule has 3 heterocycles. The van der Waals surface area contributed by atoms with Gasteiger partial charge < -0.3 is 20.1 Å². The molecule has 0 spiro atoms. The molecule has 7 unspecified atom stereocenters. The van der Waals surface area contributed by atoms with E-state index in [1.807, 2.05) is 49.4 Å². The second-order valence-electron chi connectivity index (χ2n) is 11.7. The Morgan fingerprint density at radius 3 is 2.51 bits per heavy atom. The molecule has 1 saturated heterocycles. The van der Waals surface area contributed by atoms with Crippen LogP contribution in [0, 0.1) is 36.5 Å². The first kappa shape index (κ1) is 27.9. The molecule has 2 saturated carbocycles. The van der Waals surface area contributed by atoms with E-state index in [0.29, 0.717) is 17.9 Å². The summed E-state index contributed by atoms with van der Waals surface area (Å²) in [5.41, 5.74) is 2.45. The lowest BCUT2D eigenvalue weighted by molar-refractivity contribution is -0.154. The van der Waals surface area contributed by atoms with E-state index in [1.54, 1.807) is 17.8 Å². The maximum Gasteiger partial charge on any atom is 0.326 e. The number of rotatable bonds is 7. The van der Waals surface area contributed by atoms with Crippen molar-refractivity contribution in [2.45, 2.75) is 42.5 Å². The summed E-state index contributed by atoms with van der Waals surface area (Å²) < 4.78 is 6.12. The average Bonchev–Trinajstić information content (AvgIpc) is 3.71. The zero-order chi connectivity index (χ0) is 30.2. The van der Waals surface area contributed by atoms with Gasteiger partial charge in [-0.25, -0.2) is 4.79 Å². The van der Waals surface area contributed by atoms with Crippen molar-refractivity contribution in [3.05, 3.63) is 74.2 Å². The molecule has 7 rings (SSSR count). The van der Waals surface area contributed by atoms with Crippen molar-refractivity contribution in [3.63, 3.8) is 0 Å². The van der Waals surface area contributed by atoms with Crippen LogP contribution < -0.4 is 14.9 Å². The Hall–Kier alpha value is -3.90. The molecule has 4 aliphatic rings. The van der Waals surface area contributed by atoms with Crippen LogP contribution in [0.5, 0.6) is 5.75 Å². The van der Waals surface area contributed by atoms with Gasteiger partial charge in [0.05, 0.1) is 16.9 Å². The highest BCUT2D eigenvalue weighted by atomic mass is 32.2. The number of carbonyl (C=O) groups is 4. The van der Waals surface area contributed by atoms with Crippen molar-refractivity contribution in [2.24, 2.45) is 29.6 Å². The number of aromatic amines is 1. The van der Waals surface area contributed by atoms with Gasteiger partial charge in [0.15, 0.2) is 6.61 Å². The van der Waals surface area contributed by atoms with Gasteiger partial charge >= 0.3 is 10.8 Å². The highest BCUT2D eigenvalue weighted by Crippen LogP contribution is 2.69. The van der Waals surface area contributed by atoms with Gasteiger partial charge in [-0.3, -0.25) is 24.1 Å². The highest BCUT2D eigenvalue weighted by Gasteiger charge is 2.70. The van der Waals surface area contributed by atoms with E-state index in [4.69, 9.17) is 4.74 Å². The molecule has 2 bridgehead atoms. The third kappa shape index (κ3) is 4.33. The number of amides is 3. The standard InChI is InChI=1S/C31H29N3O7S2/c1-13-7-3-5-9-18(13)32-20(35)12-41-19-10-6-4-8-15(19)21-22-16-11-17(25(22)42-27-26(21)43-31(40)33-27)24-23(16)28(36)34(29(24)37)14(2)30(38)39/h3-10,14,16-17,21-25H,11-12H2,1-2H3,(H,32,35)(H,33,40)(H,38,39)/t14?,16?,17?,21-,22?,23?,24?,25?/m1/s1. The monoisotopic (exact) mass is 619 g/mol. The summed E-state index contributed by atoms with van der Waals surface area (Å²) in [7, 11) is 0. The minimum absolute atomic E-state index is 0.0526. The first-order valence-corrected chi connectivity index (χ1v) is 15.9. The Labute approximate surface area is 254 Å². The quantitative estimate of drug-likeness (QED) is 0.340. The van der Waals surface area contributed by atoms with Gasteiger partial charge in [0, 0.05) is 27.3 Å². The fourth-order valence-electron chi connectivity index (χ4n) is 7.79. The first-order chi connectivity index (χ1) is 20.7. The van der Waals surface area contributed by atoms with E-state index in [9.17, 15) is 29.1 Å². The molecule has 3 aromatic rings. The summed E-state index contributed by atoms with van der Waals surface area (Å²) in [5, 5.41) is 13.2. The minimum Gasteiger partial charge on any atom is -0.483 e. The summed E-state index contributed by atoms with van der Waals surface area (Å²) in [5.74, 6) is -3.64. The molecule has 222 valence electrons. The Morgan fingerprint density at radius 2 is 1.77 bits per heavy atom. The van der Waals surface area contributed by atoms with E-state index in [1.165, 1.54) is 6.92 Å². The molecule has 3 fully saturated rings. The third-order valence-electron chi connectivity index (χ3n) is 9.53. The number of ether oxygens (including phenoxy) is 1. The number of carbonyl (C=O) groups excluding carboxylic acids is 3. The van der Waals surface area contributed by atoms with Gasteiger partial charge in [0.2, 0.25) is 11.8 Å². The third-order valence-corrected chi connectivity index (χ3v) is 12.1. The van der Waals surface area contributed by atoms with Crippen LogP contribution in [0.25, 0.3) is 0 Å². The molecule has 2 aromatic carbocycles. The van der Waals surface area contributed by atoms with Gasteiger partial charge in [-0.2, -0.15) is 0 Å². The predicted molar refractivity (Wildman–Crippen MR) is 159 cm³/mol. The number of hydrogen-bond acceptors (Lipinski definition) is 8. The number of para-hydroxylation sites is 2. The Bertz CT molecular complexity index is 1730. The van der Waals surface area contributed by atoms with Gasteiger partial charge in [-0.05, 0) is 55.7 Å².